The fourth-order valence-electron chi connectivity index (χ4n) is 2.64. The van der Waals surface area contributed by atoms with Crippen molar-refractivity contribution < 1.29 is 4.79 Å². The maximum Gasteiger partial charge on any atom is 0.234 e. The summed E-state index contributed by atoms with van der Waals surface area (Å²) in [6.45, 7) is 10.2. The molecule has 1 atom stereocenters. The highest BCUT2D eigenvalue weighted by Gasteiger charge is 2.28. The van der Waals surface area contributed by atoms with E-state index in [4.69, 9.17) is 0 Å². The molecule has 4 nitrogen and oxygen atoms in total. The van der Waals surface area contributed by atoms with E-state index in [1.807, 2.05) is 0 Å². The minimum absolute atomic E-state index is 0.123. The quantitative estimate of drug-likeness (QED) is 0.738. The molecule has 1 saturated heterocycles. The lowest BCUT2D eigenvalue weighted by molar-refractivity contribution is -0.120. The number of carbonyl (C=O) groups excluding carboxylic acids is 1. The molecular formula is C15H31N3O. The molecule has 0 aromatic heterocycles. The second-order valence-electron chi connectivity index (χ2n) is 6.47. The van der Waals surface area contributed by atoms with Gasteiger partial charge in [0.1, 0.15) is 0 Å². The third-order valence-corrected chi connectivity index (χ3v) is 4.16. The number of hydrogen-bond donors (Lipinski definition) is 2. The largest absolute Gasteiger partial charge is 0.353 e. The fourth-order valence-corrected chi connectivity index (χ4v) is 2.64. The number of nitrogens with zero attached hydrogens (tertiary/aromatic N) is 1. The van der Waals surface area contributed by atoms with Crippen molar-refractivity contribution in [3.8, 4) is 0 Å². The fraction of sp³-hybridized carbons (Fsp3) is 0.933. The van der Waals surface area contributed by atoms with Crippen LogP contribution < -0.4 is 10.6 Å². The van der Waals surface area contributed by atoms with Crippen LogP contribution in [0.2, 0.25) is 0 Å². The van der Waals surface area contributed by atoms with Crippen molar-refractivity contribution in [1.82, 2.24) is 15.5 Å². The summed E-state index contributed by atoms with van der Waals surface area (Å²) in [5.41, 5.74) is 0.349. The zero-order valence-corrected chi connectivity index (χ0v) is 13.1. The molecule has 1 heterocycles. The summed E-state index contributed by atoms with van der Waals surface area (Å²) >= 11 is 0. The molecule has 1 aliphatic rings. The van der Waals surface area contributed by atoms with Gasteiger partial charge in [-0.1, -0.05) is 20.3 Å². The normalized spacial score (nSPS) is 21.1. The monoisotopic (exact) mass is 269 g/mol. The van der Waals surface area contributed by atoms with Crippen LogP contribution in [0.5, 0.6) is 0 Å². The Labute approximate surface area is 118 Å². The second kappa shape index (κ2) is 7.85. The van der Waals surface area contributed by atoms with Gasteiger partial charge in [0.15, 0.2) is 0 Å². The summed E-state index contributed by atoms with van der Waals surface area (Å²) in [6.07, 6.45) is 4.59. The Morgan fingerprint density at radius 2 is 2.00 bits per heavy atom. The first-order chi connectivity index (χ1) is 8.95. The molecule has 2 N–H and O–H groups in total. The van der Waals surface area contributed by atoms with Crippen LogP contribution in [0, 0.1) is 5.41 Å². The SMILES string of the molecule is CCCC(C)NC(=O)CNCC1(C)CCN(C)CC1. The van der Waals surface area contributed by atoms with Crippen LogP contribution in [0.15, 0.2) is 0 Å². The van der Waals surface area contributed by atoms with Crippen molar-refractivity contribution in [2.45, 2.75) is 52.5 Å². The summed E-state index contributed by atoms with van der Waals surface area (Å²) in [5, 5.41) is 6.36. The van der Waals surface area contributed by atoms with E-state index in [9.17, 15) is 4.79 Å². The van der Waals surface area contributed by atoms with Crippen molar-refractivity contribution in [3.63, 3.8) is 0 Å². The summed E-state index contributed by atoms with van der Waals surface area (Å²) < 4.78 is 0. The molecule has 1 fully saturated rings. The Morgan fingerprint density at radius 1 is 1.37 bits per heavy atom. The lowest BCUT2D eigenvalue weighted by atomic mass is 9.80. The Bertz CT molecular complexity index is 273. The molecule has 1 rings (SSSR count). The van der Waals surface area contributed by atoms with Crippen molar-refractivity contribution in [2.75, 3.05) is 33.2 Å². The molecular weight excluding hydrogens is 238 g/mol. The zero-order chi connectivity index (χ0) is 14.3. The Hall–Kier alpha value is -0.610. The van der Waals surface area contributed by atoms with E-state index < -0.39 is 0 Å². The molecule has 0 aliphatic carbocycles. The van der Waals surface area contributed by atoms with Crippen LogP contribution in [0.1, 0.15) is 46.5 Å². The van der Waals surface area contributed by atoms with Gasteiger partial charge in [0.2, 0.25) is 5.91 Å². The first kappa shape index (κ1) is 16.4. The Balaban J connectivity index is 2.17. The van der Waals surface area contributed by atoms with Gasteiger partial charge in [-0.3, -0.25) is 4.79 Å². The molecule has 0 bridgehead atoms. The van der Waals surface area contributed by atoms with Crippen LogP contribution >= 0.6 is 0 Å². The number of piperidine rings is 1. The maximum absolute atomic E-state index is 11.7. The highest BCUT2D eigenvalue weighted by atomic mass is 16.1. The van der Waals surface area contributed by atoms with Gasteiger partial charge in [-0.2, -0.15) is 0 Å². The van der Waals surface area contributed by atoms with Gasteiger partial charge in [-0.15, -0.1) is 0 Å². The first-order valence-corrected chi connectivity index (χ1v) is 7.64. The van der Waals surface area contributed by atoms with Gasteiger partial charge in [0.05, 0.1) is 6.54 Å². The molecule has 0 saturated carbocycles. The van der Waals surface area contributed by atoms with Gasteiger partial charge in [-0.25, -0.2) is 0 Å². The Kier molecular flexibility index (Phi) is 6.80. The van der Waals surface area contributed by atoms with Crippen molar-refractivity contribution in [2.24, 2.45) is 5.41 Å². The summed E-state index contributed by atoms with van der Waals surface area (Å²) in [7, 11) is 2.18. The molecule has 0 spiro atoms. The maximum atomic E-state index is 11.7. The summed E-state index contributed by atoms with van der Waals surface area (Å²) in [4.78, 5) is 14.1. The van der Waals surface area contributed by atoms with Gasteiger partial charge < -0.3 is 15.5 Å². The number of amides is 1. The number of rotatable bonds is 7. The van der Waals surface area contributed by atoms with E-state index >= 15 is 0 Å². The van der Waals surface area contributed by atoms with Crippen molar-refractivity contribution >= 4 is 5.91 Å². The van der Waals surface area contributed by atoms with Gasteiger partial charge in [-0.05, 0) is 51.7 Å². The predicted molar refractivity (Wildman–Crippen MR) is 80.2 cm³/mol. The third kappa shape index (κ3) is 6.39. The highest BCUT2D eigenvalue weighted by Crippen LogP contribution is 2.29. The van der Waals surface area contributed by atoms with E-state index in [1.165, 1.54) is 12.8 Å². The van der Waals surface area contributed by atoms with Crippen molar-refractivity contribution in [3.05, 3.63) is 0 Å². The van der Waals surface area contributed by atoms with Gasteiger partial charge >= 0.3 is 0 Å². The molecule has 1 unspecified atom stereocenters. The van der Waals surface area contributed by atoms with Gasteiger partial charge in [0, 0.05) is 12.6 Å². The number of hydrogen-bond acceptors (Lipinski definition) is 3. The lowest BCUT2D eigenvalue weighted by Gasteiger charge is -2.38. The van der Waals surface area contributed by atoms with Crippen LogP contribution in [0.3, 0.4) is 0 Å². The Morgan fingerprint density at radius 3 is 2.58 bits per heavy atom. The molecule has 112 valence electrons. The number of carbonyl (C=O) groups is 1. The van der Waals surface area contributed by atoms with E-state index in [0.717, 1.165) is 32.5 Å². The zero-order valence-electron chi connectivity index (χ0n) is 13.1. The van der Waals surface area contributed by atoms with Crippen LogP contribution in [0.4, 0.5) is 0 Å². The van der Waals surface area contributed by atoms with E-state index in [0.29, 0.717) is 18.0 Å². The molecule has 0 aromatic rings. The van der Waals surface area contributed by atoms with E-state index in [-0.39, 0.29) is 5.91 Å². The third-order valence-electron chi connectivity index (χ3n) is 4.16. The van der Waals surface area contributed by atoms with Crippen molar-refractivity contribution in [1.29, 1.82) is 0 Å². The highest BCUT2D eigenvalue weighted by molar-refractivity contribution is 5.78. The summed E-state index contributed by atoms with van der Waals surface area (Å²) in [6, 6.07) is 0.290. The van der Waals surface area contributed by atoms with E-state index in [1.54, 1.807) is 0 Å². The predicted octanol–water partition coefficient (Wildman–Crippen LogP) is 1.61. The van der Waals surface area contributed by atoms with Crippen LogP contribution in [-0.2, 0) is 4.79 Å². The topological polar surface area (TPSA) is 44.4 Å². The molecule has 1 aliphatic heterocycles. The van der Waals surface area contributed by atoms with Crippen LogP contribution in [0.25, 0.3) is 0 Å². The molecule has 19 heavy (non-hydrogen) atoms. The minimum Gasteiger partial charge on any atom is -0.353 e. The average Bonchev–Trinajstić information content (AvgIpc) is 2.33. The smallest absolute Gasteiger partial charge is 0.234 e. The molecule has 1 amide bonds. The standard InChI is InChI=1S/C15H31N3O/c1-5-6-13(2)17-14(19)11-16-12-15(3)7-9-18(4)10-8-15/h13,16H,5-12H2,1-4H3,(H,17,19). The lowest BCUT2D eigenvalue weighted by Crippen LogP contribution is -2.45. The van der Waals surface area contributed by atoms with E-state index in [2.05, 4.69) is 43.4 Å². The first-order valence-electron chi connectivity index (χ1n) is 7.64. The number of nitrogens with one attached hydrogen (secondary N) is 2. The molecule has 4 heteroatoms. The molecule has 0 radical (unpaired) electrons. The molecule has 0 aromatic carbocycles. The summed E-state index contributed by atoms with van der Waals surface area (Å²) in [5.74, 6) is 0.123. The van der Waals surface area contributed by atoms with Gasteiger partial charge in [0.25, 0.3) is 0 Å². The number of likely N-dealkylation sites (tertiary alicyclic amines) is 1. The second-order valence-corrected chi connectivity index (χ2v) is 6.47. The minimum atomic E-state index is 0.123. The van der Waals surface area contributed by atoms with Crippen LogP contribution in [-0.4, -0.2) is 50.1 Å². The average molecular weight is 269 g/mol.